The first-order chi connectivity index (χ1) is 15.5. The number of hydrogen-bond donors (Lipinski definition) is 4. The molecule has 1 fully saturated rings. The molecule has 3 heterocycles. The number of nitrogens with zero attached hydrogens (tertiary/aromatic N) is 3. The van der Waals surface area contributed by atoms with E-state index < -0.39 is 24.2 Å². The van der Waals surface area contributed by atoms with Crippen LogP contribution in [0.3, 0.4) is 0 Å². The summed E-state index contributed by atoms with van der Waals surface area (Å²) in [5.74, 6) is -0.480. The van der Waals surface area contributed by atoms with Crippen molar-refractivity contribution in [2.24, 2.45) is 5.73 Å². The molecule has 0 aliphatic carbocycles. The van der Waals surface area contributed by atoms with Crippen LogP contribution in [0.25, 0.3) is 11.3 Å². The Labute approximate surface area is 185 Å². The van der Waals surface area contributed by atoms with Crippen LogP contribution in [0.4, 0.5) is 11.5 Å². The quantitative estimate of drug-likeness (QED) is 0.478. The van der Waals surface area contributed by atoms with Gasteiger partial charge in [0.05, 0.1) is 42.1 Å². The highest BCUT2D eigenvalue weighted by atomic mass is 16.5. The third-order valence-electron chi connectivity index (χ3n) is 5.58. The maximum Gasteiger partial charge on any atom is 0.278 e. The zero-order valence-electron chi connectivity index (χ0n) is 17.7. The van der Waals surface area contributed by atoms with Crippen LogP contribution in [0.2, 0.25) is 0 Å². The summed E-state index contributed by atoms with van der Waals surface area (Å²) in [6, 6.07) is 10.8. The van der Waals surface area contributed by atoms with E-state index in [1.54, 1.807) is 18.5 Å². The molecule has 0 spiro atoms. The number of benzene rings is 1. The number of ether oxygens (including phenoxy) is 1. The second-order valence-electron chi connectivity index (χ2n) is 7.73. The van der Waals surface area contributed by atoms with Gasteiger partial charge in [-0.3, -0.25) is 9.78 Å². The Hall–Kier alpha value is -3.40. The van der Waals surface area contributed by atoms with Crippen molar-refractivity contribution in [3.63, 3.8) is 0 Å². The van der Waals surface area contributed by atoms with Crippen molar-refractivity contribution in [1.29, 1.82) is 0 Å². The molecular formula is C23H26N6O3. The van der Waals surface area contributed by atoms with Crippen LogP contribution in [-0.2, 0) is 4.74 Å². The molecule has 9 heteroatoms. The number of amides is 1. The molecule has 1 saturated heterocycles. The summed E-state index contributed by atoms with van der Waals surface area (Å²) in [5.41, 5.74) is 14.7. The van der Waals surface area contributed by atoms with Crippen molar-refractivity contribution in [3.05, 3.63) is 66.2 Å². The van der Waals surface area contributed by atoms with Gasteiger partial charge in [0.1, 0.15) is 0 Å². The van der Waals surface area contributed by atoms with E-state index in [1.165, 1.54) is 6.20 Å². The fraction of sp³-hybridized carbons (Fsp3) is 0.304. The number of anilines is 2. The molecule has 0 bridgehead atoms. The number of nitrogens with two attached hydrogens (primary N) is 2. The monoisotopic (exact) mass is 434 g/mol. The van der Waals surface area contributed by atoms with Crippen LogP contribution in [0.1, 0.15) is 41.9 Å². The van der Waals surface area contributed by atoms with Crippen LogP contribution in [-0.4, -0.2) is 44.2 Å². The van der Waals surface area contributed by atoms with E-state index >= 15 is 0 Å². The summed E-state index contributed by atoms with van der Waals surface area (Å²) >= 11 is 0. The molecule has 0 radical (unpaired) electrons. The minimum Gasteiger partial charge on any atom is -0.389 e. The Morgan fingerprint density at radius 1 is 1.25 bits per heavy atom. The van der Waals surface area contributed by atoms with Crippen molar-refractivity contribution in [1.82, 2.24) is 15.0 Å². The number of aliphatic hydroxyl groups is 1. The Morgan fingerprint density at radius 3 is 2.78 bits per heavy atom. The van der Waals surface area contributed by atoms with E-state index in [0.717, 1.165) is 11.1 Å². The molecule has 6 N–H and O–H groups in total. The normalized spacial score (nSPS) is 23.0. The van der Waals surface area contributed by atoms with Gasteiger partial charge in [-0.05, 0) is 18.9 Å². The van der Waals surface area contributed by atoms with E-state index in [1.807, 2.05) is 37.3 Å². The van der Waals surface area contributed by atoms with Crippen molar-refractivity contribution >= 4 is 17.4 Å². The average molecular weight is 435 g/mol. The van der Waals surface area contributed by atoms with Gasteiger partial charge in [-0.2, -0.15) is 0 Å². The van der Waals surface area contributed by atoms with Crippen LogP contribution in [0.5, 0.6) is 0 Å². The number of carbonyl (C=O) groups is 1. The number of hydrogen-bond acceptors (Lipinski definition) is 8. The molecular weight excluding hydrogens is 408 g/mol. The van der Waals surface area contributed by atoms with E-state index in [-0.39, 0.29) is 17.6 Å². The Kier molecular flexibility index (Phi) is 6.40. The predicted molar refractivity (Wildman–Crippen MR) is 121 cm³/mol. The van der Waals surface area contributed by atoms with Crippen molar-refractivity contribution in [2.75, 3.05) is 11.1 Å². The third kappa shape index (κ3) is 4.45. The Balaban J connectivity index is 1.60. The fourth-order valence-corrected chi connectivity index (χ4v) is 3.83. The van der Waals surface area contributed by atoms with Gasteiger partial charge in [0.15, 0.2) is 11.5 Å². The molecule has 1 amide bonds. The summed E-state index contributed by atoms with van der Waals surface area (Å²) in [6.07, 6.45) is 4.22. The summed E-state index contributed by atoms with van der Waals surface area (Å²) in [4.78, 5) is 25.8. The Morgan fingerprint density at radius 2 is 2.03 bits per heavy atom. The summed E-state index contributed by atoms with van der Waals surface area (Å²) in [6.45, 7) is 1.93. The predicted octanol–water partition coefficient (Wildman–Crippen LogP) is 2.30. The highest BCUT2D eigenvalue weighted by Gasteiger charge is 2.36. The van der Waals surface area contributed by atoms with Gasteiger partial charge in [0.2, 0.25) is 0 Å². The van der Waals surface area contributed by atoms with Crippen LogP contribution in [0, 0.1) is 0 Å². The van der Waals surface area contributed by atoms with Crippen LogP contribution < -0.4 is 16.8 Å². The lowest BCUT2D eigenvalue weighted by atomic mass is 9.91. The molecule has 1 aliphatic heterocycles. The molecule has 0 saturated carbocycles. The number of pyridine rings is 1. The largest absolute Gasteiger partial charge is 0.389 e. The highest BCUT2D eigenvalue weighted by molar-refractivity contribution is 6.06. The first-order valence-corrected chi connectivity index (χ1v) is 10.5. The lowest BCUT2D eigenvalue weighted by molar-refractivity contribution is -0.128. The maximum atomic E-state index is 13.1. The number of aliphatic hydroxyl groups excluding tert-OH is 1. The molecule has 32 heavy (non-hydrogen) atoms. The maximum absolute atomic E-state index is 13.1. The van der Waals surface area contributed by atoms with E-state index in [9.17, 15) is 9.90 Å². The lowest BCUT2D eigenvalue weighted by Crippen LogP contribution is -2.49. The minimum absolute atomic E-state index is 0.0178. The lowest BCUT2D eigenvalue weighted by Gasteiger charge is -2.38. The topological polar surface area (TPSA) is 149 Å². The fourth-order valence-electron chi connectivity index (χ4n) is 3.83. The van der Waals surface area contributed by atoms with Gasteiger partial charge in [-0.1, -0.05) is 37.3 Å². The first-order valence-electron chi connectivity index (χ1n) is 10.5. The first kappa shape index (κ1) is 21.8. The number of nitrogens with one attached hydrogen (secondary N) is 1. The van der Waals surface area contributed by atoms with Crippen molar-refractivity contribution in [3.8, 4) is 11.3 Å². The molecule has 4 atom stereocenters. The van der Waals surface area contributed by atoms with E-state index in [0.29, 0.717) is 24.2 Å². The molecule has 4 rings (SSSR count). The minimum atomic E-state index is -0.730. The molecule has 2 aromatic heterocycles. The van der Waals surface area contributed by atoms with Gasteiger partial charge in [-0.15, -0.1) is 0 Å². The van der Waals surface area contributed by atoms with E-state index in [4.69, 9.17) is 16.2 Å². The molecule has 1 aromatic carbocycles. The van der Waals surface area contributed by atoms with Gasteiger partial charge in [0.25, 0.3) is 5.91 Å². The molecule has 1 aliphatic rings. The summed E-state index contributed by atoms with van der Waals surface area (Å²) in [7, 11) is 0. The van der Waals surface area contributed by atoms with Crippen LogP contribution in [0.15, 0.2) is 55.0 Å². The van der Waals surface area contributed by atoms with Gasteiger partial charge in [-0.25, -0.2) is 9.97 Å². The SMILES string of the molecule is CCC1OC(c2ccncc2NC(=O)c2nc(-c3ccccc3)cnc2N)CC(N)C1O. The van der Waals surface area contributed by atoms with Crippen molar-refractivity contribution in [2.45, 2.75) is 44.1 Å². The zero-order chi connectivity index (χ0) is 22.7. The van der Waals surface area contributed by atoms with E-state index in [2.05, 4.69) is 20.3 Å². The van der Waals surface area contributed by atoms with Gasteiger partial charge >= 0.3 is 0 Å². The van der Waals surface area contributed by atoms with Gasteiger partial charge < -0.3 is 26.6 Å². The molecule has 166 valence electrons. The summed E-state index contributed by atoms with van der Waals surface area (Å²) < 4.78 is 6.07. The number of aromatic nitrogens is 3. The number of carbonyl (C=O) groups excluding carboxylic acids is 1. The zero-order valence-corrected chi connectivity index (χ0v) is 17.7. The molecule has 3 aromatic rings. The smallest absolute Gasteiger partial charge is 0.278 e. The average Bonchev–Trinajstić information content (AvgIpc) is 2.82. The second kappa shape index (κ2) is 9.39. The number of nitrogen functional groups attached to an aromatic ring is 1. The second-order valence-corrected chi connectivity index (χ2v) is 7.73. The number of rotatable bonds is 5. The highest BCUT2D eigenvalue weighted by Crippen LogP contribution is 2.35. The van der Waals surface area contributed by atoms with Crippen molar-refractivity contribution < 1.29 is 14.6 Å². The van der Waals surface area contributed by atoms with Gasteiger partial charge in [0, 0.05) is 23.4 Å². The molecule has 4 unspecified atom stereocenters. The summed E-state index contributed by atoms with van der Waals surface area (Å²) in [5, 5.41) is 13.1. The third-order valence-corrected chi connectivity index (χ3v) is 5.58. The standard InChI is InChI=1S/C23H26N6O3/c1-2-18-21(30)15(24)10-19(32-18)14-8-9-26-11-17(14)29-23(31)20-22(25)27-12-16(28-20)13-6-4-3-5-7-13/h3-9,11-12,15,18-19,21,30H,2,10,24H2,1H3,(H2,25,27)(H,29,31). The molecule has 9 nitrogen and oxygen atoms in total. The Bertz CT molecular complexity index is 1090. The van der Waals surface area contributed by atoms with Crippen LogP contribution >= 0.6 is 0 Å².